The first-order valence-corrected chi connectivity index (χ1v) is 6.81. The van der Waals surface area contributed by atoms with Gasteiger partial charge in [0.25, 0.3) is 0 Å². The van der Waals surface area contributed by atoms with Gasteiger partial charge >= 0.3 is 0 Å². The van der Waals surface area contributed by atoms with E-state index in [1.807, 2.05) is 6.92 Å². The summed E-state index contributed by atoms with van der Waals surface area (Å²) in [6.45, 7) is 4.63. The number of carbonyl (C=O) groups is 1. The maximum absolute atomic E-state index is 12.0. The molecule has 20 heavy (non-hydrogen) atoms. The average Bonchev–Trinajstić information content (AvgIpc) is 2.53. The highest BCUT2D eigenvalue weighted by molar-refractivity contribution is 5.81. The molecule has 1 aliphatic heterocycles. The van der Waals surface area contributed by atoms with Crippen LogP contribution in [0.2, 0.25) is 0 Å². The molecule has 6 heteroatoms. The second-order valence-electron chi connectivity index (χ2n) is 4.84. The Bertz CT molecular complexity index is 517. The monoisotopic (exact) mass is 273 g/mol. The van der Waals surface area contributed by atoms with Crippen molar-refractivity contribution in [1.82, 2.24) is 9.88 Å². The number of nitrogens with zero attached hydrogens (tertiary/aromatic N) is 4. The van der Waals surface area contributed by atoms with Crippen molar-refractivity contribution in [3.8, 4) is 6.07 Å². The van der Waals surface area contributed by atoms with Gasteiger partial charge in [-0.05, 0) is 18.6 Å². The van der Waals surface area contributed by atoms with Gasteiger partial charge in [-0.2, -0.15) is 5.26 Å². The molecule has 0 unspecified atom stereocenters. The number of amides is 1. The maximum Gasteiger partial charge on any atom is 0.239 e. The van der Waals surface area contributed by atoms with Crippen LogP contribution < -0.4 is 10.6 Å². The van der Waals surface area contributed by atoms with Crippen molar-refractivity contribution < 1.29 is 4.79 Å². The predicted molar refractivity (Wildman–Crippen MR) is 76.0 cm³/mol. The van der Waals surface area contributed by atoms with Crippen LogP contribution in [0.3, 0.4) is 0 Å². The van der Waals surface area contributed by atoms with E-state index in [2.05, 4.69) is 16.0 Å². The summed E-state index contributed by atoms with van der Waals surface area (Å²) in [6.07, 6.45) is 2.29. The molecule has 0 aliphatic carbocycles. The van der Waals surface area contributed by atoms with Gasteiger partial charge in [-0.15, -0.1) is 0 Å². The summed E-state index contributed by atoms with van der Waals surface area (Å²) in [5.74, 6) is 0.807. The number of anilines is 1. The van der Waals surface area contributed by atoms with Crippen LogP contribution in [0.25, 0.3) is 0 Å². The minimum absolute atomic E-state index is 0.0193. The number of carbonyl (C=O) groups excluding carboxylic acids is 1. The molecular weight excluding hydrogens is 254 g/mol. The first-order valence-electron chi connectivity index (χ1n) is 6.81. The summed E-state index contributed by atoms with van der Waals surface area (Å²) in [6, 6.07) is 5.16. The summed E-state index contributed by atoms with van der Waals surface area (Å²) >= 11 is 0. The third kappa shape index (κ3) is 3.06. The molecule has 106 valence electrons. The Labute approximate surface area is 118 Å². The molecule has 2 heterocycles. The Morgan fingerprint density at radius 2 is 2.20 bits per heavy atom. The van der Waals surface area contributed by atoms with Crippen molar-refractivity contribution in [3.05, 3.63) is 23.9 Å². The largest absolute Gasteiger partial charge is 0.353 e. The van der Waals surface area contributed by atoms with Crippen LogP contribution in [0.5, 0.6) is 0 Å². The van der Waals surface area contributed by atoms with E-state index in [9.17, 15) is 4.79 Å². The summed E-state index contributed by atoms with van der Waals surface area (Å²) < 4.78 is 0. The molecule has 2 rings (SSSR count). The highest BCUT2D eigenvalue weighted by atomic mass is 16.2. The number of pyridine rings is 1. The second-order valence-corrected chi connectivity index (χ2v) is 4.84. The first-order chi connectivity index (χ1) is 9.65. The lowest BCUT2D eigenvalue weighted by Crippen LogP contribution is -2.53. The van der Waals surface area contributed by atoms with Gasteiger partial charge in [-0.1, -0.05) is 6.92 Å². The molecule has 2 N–H and O–H groups in total. The van der Waals surface area contributed by atoms with Crippen LogP contribution in [0.15, 0.2) is 18.3 Å². The fourth-order valence-corrected chi connectivity index (χ4v) is 2.23. The molecule has 6 nitrogen and oxygen atoms in total. The van der Waals surface area contributed by atoms with E-state index < -0.39 is 6.04 Å². The highest BCUT2D eigenvalue weighted by Gasteiger charge is 2.24. The fraction of sp³-hybridized carbons (Fsp3) is 0.500. The van der Waals surface area contributed by atoms with Crippen molar-refractivity contribution in [1.29, 1.82) is 5.26 Å². The molecule has 1 aromatic rings. The molecule has 1 saturated heterocycles. The molecule has 1 aliphatic rings. The SMILES string of the molecule is CC[C@H](N)C(=O)N1CCN(c2cc(C#N)ccn2)CC1. The summed E-state index contributed by atoms with van der Waals surface area (Å²) in [5, 5.41) is 8.90. The number of nitriles is 1. The van der Waals surface area contributed by atoms with Crippen molar-refractivity contribution >= 4 is 11.7 Å². The van der Waals surface area contributed by atoms with E-state index in [1.54, 1.807) is 23.2 Å². The number of nitrogens with two attached hydrogens (primary N) is 1. The summed E-state index contributed by atoms with van der Waals surface area (Å²) in [4.78, 5) is 20.2. The molecule has 0 bridgehead atoms. The fourth-order valence-electron chi connectivity index (χ4n) is 2.23. The molecule has 1 amide bonds. The Morgan fingerprint density at radius 3 is 2.80 bits per heavy atom. The smallest absolute Gasteiger partial charge is 0.239 e. The van der Waals surface area contributed by atoms with Crippen LogP contribution in [-0.2, 0) is 4.79 Å². The Kier molecular flexibility index (Phi) is 4.53. The zero-order valence-corrected chi connectivity index (χ0v) is 11.6. The number of hydrogen-bond acceptors (Lipinski definition) is 5. The van der Waals surface area contributed by atoms with Crippen molar-refractivity contribution in [2.75, 3.05) is 31.1 Å². The molecular formula is C14H19N5O. The van der Waals surface area contributed by atoms with E-state index >= 15 is 0 Å². The van der Waals surface area contributed by atoms with Crippen LogP contribution in [0.1, 0.15) is 18.9 Å². The highest BCUT2D eigenvalue weighted by Crippen LogP contribution is 2.15. The van der Waals surface area contributed by atoms with Crippen LogP contribution in [0, 0.1) is 11.3 Å². The van der Waals surface area contributed by atoms with Crippen LogP contribution in [0.4, 0.5) is 5.82 Å². The second kappa shape index (κ2) is 6.35. The van der Waals surface area contributed by atoms with Crippen LogP contribution in [-0.4, -0.2) is 48.0 Å². The number of piperazine rings is 1. The Hall–Kier alpha value is -2.13. The lowest BCUT2D eigenvalue weighted by atomic mass is 10.2. The quantitative estimate of drug-likeness (QED) is 0.858. The van der Waals surface area contributed by atoms with E-state index in [0.29, 0.717) is 38.2 Å². The first kappa shape index (κ1) is 14.3. The third-order valence-electron chi connectivity index (χ3n) is 3.55. The lowest BCUT2D eigenvalue weighted by Gasteiger charge is -2.36. The van der Waals surface area contributed by atoms with Gasteiger partial charge in [0.2, 0.25) is 5.91 Å². The van der Waals surface area contributed by atoms with Gasteiger partial charge in [0, 0.05) is 32.4 Å². The zero-order valence-electron chi connectivity index (χ0n) is 11.6. The minimum Gasteiger partial charge on any atom is -0.353 e. The minimum atomic E-state index is -0.401. The predicted octanol–water partition coefficient (Wildman–Crippen LogP) is 0.339. The average molecular weight is 273 g/mol. The number of rotatable bonds is 3. The van der Waals surface area contributed by atoms with Crippen molar-refractivity contribution in [2.24, 2.45) is 5.73 Å². The maximum atomic E-state index is 12.0. The molecule has 0 radical (unpaired) electrons. The number of hydrogen-bond donors (Lipinski definition) is 1. The van der Waals surface area contributed by atoms with E-state index in [4.69, 9.17) is 11.0 Å². The van der Waals surface area contributed by atoms with Crippen molar-refractivity contribution in [3.63, 3.8) is 0 Å². The van der Waals surface area contributed by atoms with E-state index in [0.717, 1.165) is 5.82 Å². The van der Waals surface area contributed by atoms with E-state index in [1.165, 1.54) is 0 Å². The lowest BCUT2D eigenvalue weighted by molar-refractivity contribution is -0.132. The van der Waals surface area contributed by atoms with Gasteiger partial charge < -0.3 is 15.5 Å². The van der Waals surface area contributed by atoms with E-state index in [-0.39, 0.29) is 5.91 Å². The molecule has 0 spiro atoms. The molecule has 1 aromatic heterocycles. The standard InChI is InChI=1S/C14H19N5O/c1-2-12(16)14(20)19-7-5-18(6-8-19)13-9-11(10-15)3-4-17-13/h3-4,9,12H,2,5-8,16H2,1H3/t12-/m0/s1. The Morgan fingerprint density at radius 1 is 1.50 bits per heavy atom. The summed E-state index contributed by atoms with van der Waals surface area (Å²) in [5.41, 5.74) is 6.38. The van der Waals surface area contributed by atoms with Crippen LogP contribution >= 0.6 is 0 Å². The molecule has 1 fully saturated rings. The van der Waals surface area contributed by atoms with Crippen molar-refractivity contribution in [2.45, 2.75) is 19.4 Å². The van der Waals surface area contributed by atoms with Gasteiger partial charge in [-0.3, -0.25) is 4.79 Å². The topological polar surface area (TPSA) is 86.3 Å². The van der Waals surface area contributed by atoms with Gasteiger partial charge in [0.05, 0.1) is 17.7 Å². The van der Waals surface area contributed by atoms with Gasteiger partial charge in [0.1, 0.15) is 5.82 Å². The normalized spacial score (nSPS) is 16.6. The van der Waals surface area contributed by atoms with Gasteiger partial charge in [0.15, 0.2) is 0 Å². The zero-order chi connectivity index (χ0) is 14.5. The number of aromatic nitrogens is 1. The Balaban J connectivity index is 1.97. The molecule has 0 aromatic carbocycles. The van der Waals surface area contributed by atoms with Gasteiger partial charge in [-0.25, -0.2) is 4.98 Å². The summed E-state index contributed by atoms with van der Waals surface area (Å²) in [7, 11) is 0. The third-order valence-corrected chi connectivity index (χ3v) is 3.55. The molecule has 1 atom stereocenters. The molecule has 0 saturated carbocycles.